The van der Waals surface area contributed by atoms with Crippen LogP contribution >= 0.6 is 11.3 Å². The normalized spacial score (nSPS) is 11.0. The van der Waals surface area contributed by atoms with Gasteiger partial charge in [-0.2, -0.15) is 0 Å². The molecule has 0 unspecified atom stereocenters. The van der Waals surface area contributed by atoms with Gasteiger partial charge in [0.15, 0.2) is 17.5 Å². The maximum Gasteiger partial charge on any atom is 0.343 e. The molecule has 0 spiro atoms. The van der Waals surface area contributed by atoms with Crippen LogP contribution in [-0.2, 0) is 11.3 Å². The monoisotopic (exact) mass is 458 g/mol. The lowest BCUT2D eigenvalue weighted by Crippen LogP contribution is -2.23. The summed E-state index contributed by atoms with van der Waals surface area (Å²) in [6, 6.07) is 12.1. The van der Waals surface area contributed by atoms with Crippen molar-refractivity contribution in [2.45, 2.75) is 13.5 Å². The first-order valence-electron chi connectivity index (χ1n) is 9.68. The lowest BCUT2D eigenvalue weighted by atomic mass is 10.1. The first kappa shape index (κ1) is 21.6. The van der Waals surface area contributed by atoms with Crippen LogP contribution in [0.5, 0.6) is 0 Å². The van der Waals surface area contributed by atoms with Gasteiger partial charge in [0.2, 0.25) is 5.43 Å². The second-order valence-electron chi connectivity index (χ2n) is 6.79. The van der Waals surface area contributed by atoms with Crippen LogP contribution in [0.15, 0.2) is 58.8 Å². The number of halogens is 3. The number of rotatable bonds is 6. The number of nitrogens with zero attached hydrogens (tertiary/aromatic N) is 1. The average molecular weight is 458 g/mol. The number of aromatic nitrogens is 1. The molecule has 2 heterocycles. The molecule has 4 rings (SSSR count). The molecule has 0 aliphatic rings. The molecule has 2 aromatic heterocycles. The topological polar surface area (TPSA) is 60.3 Å². The maximum absolute atomic E-state index is 15.0. The fraction of sp³-hybridized carbons (Fsp3) is 0.130. The van der Waals surface area contributed by atoms with Crippen LogP contribution in [0.1, 0.15) is 22.8 Å². The van der Waals surface area contributed by atoms with E-state index in [1.54, 1.807) is 54.8 Å². The fourth-order valence-electron chi connectivity index (χ4n) is 3.37. The van der Waals surface area contributed by atoms with Crippen molar-refractivity contribution in [3.63, 3.8) is 0 Å². The van der Waals surface area contributed by atoms with Crippen LogP contribution < -0.4 is 10.7 Å². The van der Waals surface area contributed by atoms with Gasteiger partial charge in [-0.05, 0) is 30.0 Å². The molecule has 0 amide bonds. The van der Waals surface area contributed by atoms with E-state index in [0.717, 1.165) is 11.8 Å². The van der Waals surface area contributed by atoms with Crippen LogP contribution in [-0.4, -0.2) is 17.1 Å². The predicted molar refractivity (Wildman–Crippen MR) is 117 cm³/mol. The number of esters is 1. The number of fused-ring (bicyclic) bond motifs is 1. The molecule has 32 heavy (non-hydrogen) atoms. The van der Waals surface area contributed by atoms with E-state index in [4.69, 9.17) is 4.74 Å². The number of benzene rings is 2. The minimum Gasteiger partial charge on any atom is -0.462 e. The average Bonchev–Trinajstić information content (AvgIpc) is 3.33. The molecule has 0 fully saturated rings. The summed E-state index contributed by atoms with van der Waals surface area (Å²) >= 11 is 1.17. The van der Waals surface area contributed by atoms with Crippen molar-refractivity contribution in [2.75, 3.05) is 11.9 Å². The summed E-state index contributed by atoms with van der Waals surface area (Å²) in [7, 11) is 0. The first-order valence-corrected chi connectivity index (χ1v) is 10.6. The van der Waals surface area contributed by atoms with E-state index in [-0.39, 0.29) is 13.2 Å². The van der Waals surface area contributed by atoms with Crippen molar-refractivity contribution in [1.82, 2.24) is 4.57 Å². The number of carbonyl (C=O) groups is 1. The second-order valence-corrected chi connectivity index (χ2v) is 7.72. The molecule has 0 radical (unpaired) electrons. The Balaban J connectivity index is 2.04. The number of hydrogen-bond acceptors (Lipinski definition) is 5. The van der Waals surface area contributed by atoms with E-state index in [1.165, 1.54) is 15.9 Å². The number of hydrogen-bond donors (Lipinski definition) is 1. The molecule has 9 heteroatoms. The van der Waals surface area contributed by atoms with Gasteiger partial charge >= 0.3 is 5.97 Å². The molecule has 0 atom stereocenters. The van der Waals surface area contributed by atoms with Crippen molar-refractivity contribution in [3.05, 3.63) is 92.8 Å². The van der Waals surface area contributed by atoms with Gasteiger partial charge < -0.3 is 14.6 Å². The van der Waals surface area contributed by atoms with Gasteiger partial charge in [0.1, 0.15) is 5.56 Å². The van der Waals surface area contributed by atoms with Gasteiger partial charge in [-0.1, -0.05) is 30.3 Å². The van der Waals surface area contributed by atoms with E-state index in [0.29, 0.717) is 5.00 Å². The molecular weight excluding hydrogens is 441 g/mol. The number of pyridine rings is 1. The smallest absolute Gasteiger partial charge is 0.343 e. The number of carbonyl (C=O) groups excluding carboxylic acids is 1. The molecule has 0 bridgehead atoms. The first-order chi connectivity index (χ1) is 15.4. The molecule has 2 aromatic carbocycles. The molecule has 0 saturated carbocycles. The van der Waals surface area contributed by atoms with E-state index in [9.17, 15) is 18.4 Å². The zero-order valence-corrected chi connectivity index (χ0v) is 17.6. The van der Waals surface area contributed by atoms with Gasteiger partial charge in [-0.25, -0.2) is 18.0 Å². The highest BCUT2D eigenvalue weighted by Gasteiger charge is 2.28. The Hall–Kier alpha value is -3.59. The summed E-state index contributed by atoms with van der Waals surface area (Å²) in [5.41, 5.74) is -1.64. The highest BCUT2D eigenvalue weighted by atomic mass is 32.1. The lowest BCUT2D eigenvalue weighted by Gasteiger charge is -2.17. The highest BCUT2D eigenvalue weighted by Crippen LogP contribution is 2.33. The highest BCUT2D eigenvalue weighted by molar-refractivity contribution is 7.12. The zero-order valence-electron chi connectivity index (χ0n) is 16.8. The third-order valence-electron chi connectivity index (χ3n) is 4.82. The largest absolute Gasteiger partial charge is 0.462 e. The quantitative estimate of drug-likeness (QED) is 0.316. The molecule has 4 aromatic rings. The van der Waals surface area contributed by atoms with Gasteiger partial charge in [0.05, 0.1) is 28.2 Å². The summed E-state index contributed by atoms with van der Waals surface area (Å²) in [6.45, 7) is 1.61. The fourth-order valence-corrected chi connectivity index (χ4v) is 4.08. The Morgan fingerprint density at radius 1 is 1.06 bits per heavy atom. The predicted octanol–water partition coefficient (Wildman–Crippen LogP) is 5.26. The van der Waals surface area contributed by atoms with Crippen molar-refractivity contribution < 1.29 is 22.7 Å². The Morgan fingerprint density at radius 2 is 1.81 bits per heavy atom. The summed E-state index contributed by atoms with van der Waals surface area (Å²) < 4.78 is 50.6. The number of ether oxygens (including phenoxy) is 1. The maximum atomic E-state index is 15.0. The van der Waals surface area contributed by atoms with Crippen LogP contribution in [0.4, 0.5) is 18.9 Å². The molecule has 5 nitrogen and oxygen atoms in total. The summed E-state index contributed by atoms with van der Waals surface area (Å²) in [5.74, 6) is -5.73. The van der Waals surface area contributed by atoms with E-state index in [2.05, 4.69) is 5.32 Å². The van der Waals surface area contributed by atoms with E-state index < -0.39 is 51.0 Å². The van der Waals surface area contributed by atoms with Gasteiger partial charge in [0.25, 0.3) is 0 Å². The minimum atomic E-state index is -1.72. The molecular formula is C23H17F3N2O3S. The van der Waals surface area contributed by atoms with Crippen molar-refractivity contribution in [3.8, 4) is 5.00 Å². The van der Waals surface area contributed by atoms with Crippen LogP contribution in [0.3, 0.4) is 0 Å². The van der Waals surface area contributed by atoms with Crippen molar-refractivity contribution in [1.29, 1.82) is 0 Å². The summed E-state index contributed by atoms with van der Waals surface area (Å²) in [6.07, 6.45) is 1.09. The third-order valence-corrected chi connectivity index (χ3v) is 5.69. The SMILES string of the molecule is CCOC(=O)c1cn(-c2cccs2)c2c(F)c(F)c(F)c(NCc3ccccc3)c2c1=O. The van der Waals surface area contributed by atoms with E-state index >= 15 is 4.39 Å². The van der Waals surface area contributed by atoms with Gasteiger partial charge in [-0.3, -0.25) is 4.79 Å². The van der Waals surface area contributed by atoms with Gasteiger partial charge in [0, 0.05) is 12.7 Å². The lowest BCUT2D eigenvalue weighted by molar-refractivity contribution is 0.0524. The van der Waals surface area contributed by atoms with Crippen molar-refractivity contribution in [2.24, 2.45) is 0 Å². The summed E-state index contributed by atoms with van der Waals surface area (Å²) in [4.78, 5) is 25.7. The zero-order chi connectivity index (χ0) is 22.8. The summed E-state index contributed by atoms with van der Waals surface area (Å²) in [5, 5.41) is 4.32. The number of nitrogens with one attached hydrogen (secondary N) is 1. The standard InChI is InChI=1S/C23H17F3N2O3S/c1-2-31-23(30)14-12-28(15-9-6-10-32-15)21-16(22(14)29)20(18(25)17(24)19(21)26)27-11-13-7-4-3-5-8-13/h3-10,12,27H,2,11H2,1H3. The Labute approximate surface area is 184 Å². The molecule has 164 valence electrons. The Morgan fingerprint density at radius 3 is 2.47 bits per heavy atom. The molecule has 0 saturated heterocycles. The minimum absolute atomic E-state index is 0.000562. The molecule has 0 aliphatic carbocycles. The molecule has 0 aliphatic heterocycles. The van der Waals surface area contributed by atoms with E-state index in [1.807, 2.05) is 0 Å². The van der Waals surface area contributed by atoms with Crippen LogP contribution in [0, 0.1) is 17.5 Å². The number of anilines is 1. The van der Waals surface area contributed by atoms with Crippen LogP contribution in [0.2, 0.25) is 0 Å². The van der Waals surface area contributed by atoms with Crippen LogP contribution in [0.25, 0.3) is 15.9 Å². The second kappa shape index (κ2) is 8.88. The third kappa shape index (κ3) is 3.75. The molecule has 1 N–H and O–H groups in total. The Kier molecular flexibility index (Phi) is 6.00. The van der Waals surface area contributed by atoms with Gasteiger partial charge in [-0.15, -0.1) is 11.3 Å². The van der Waals surface area contributed by atoms with Crippen molar-refractivity contribution >= 4 is 33.9 Å². The Bertz CT molecular complexity index is 1350. The number of thiophene rings is 1.